The molecule has 0 fully saturated rings. The van der Waals surface area contributed by atoms with Crippen molar-refractivity contribution in [1.29, 1.82) is 0 Å². The van der Waals surface area contributed by atoms with Gasteiger partial charge in [-0.15, -0.1) is 6.58 Å². The van der Waals surface area contributed by atoms with Crippen LogP contribution >= 0.6 is 0 Å². The third-order valence-corrected chi connectivity index (χ3v) is 6.68. The summed E-state index contributed by atoms with van der Waals surface area (Å²) < 4.78 is 5.95. The van der Waals surface area contributed by atoms with Crippen LogP contribution < -0.4 is 10.6 Å². The summed E-state index contributed by atoms with van der Waals surface area (Å²) in [5.74, 6) is 0.537. The molecule has 0 saturated carbocycles. The molecule has 38 heavy (non-hydrogen) atoms. The number of allylic oxidation sites excluding steroid dienone is 5. The highest BCUT2D eigenvalue weighted by molar-refractivity contribution is 5.50. The molecule has 0 spiro atoms. The van der Waals surface area contributed by atoms with Gasteiger partial charge >= 0.3 is 0 Å². The number of benzene rings is 1. The Hall–Kier alpha value is -2.28. The van der Waals surface area contributed by atoms with Crippen LogP contribution in [0.5, 0.6) is 0 Å². The van der Waals surface area contributed by atoms with E-state index in [0.29, 0.717) is 19.1 Å². The second-order valence-corrected chi connectivity index (χ2v) is 10.4. The second-order valence-electron chi connectivity index (χ2n) is 10.4. The van der Waals surface area contributed by atoms with Crippen LogP contribution in [0.4, 0.5) is 0 Å². The van der Waals surface area contributed by atoms with Crippen molar-refractivity contribution in [2.75, 3.05) is 33.9 Å². The molecule has 4 N–H and O–H groups in total. The van der Waals surface area contributed by atoms with Crippen LogP contribution in [0.25, 0.3) is 6.08 Å². The van der Waals surface area contributed by atoms with Crippen LogP contribution in [-0.4, -0.2) is 62.3 Å². The van der Waals surface area contributed by atoms with Crippen LogP contribution in [-0.2, 0) is 11.2 Å². The van der Waals surface area contributed by atoms with E-state index in [1.807, 2.05) is 39.2 Å². The molecule has 0 heterocycles. The van der Waals surface area contributed by atoms with Gasteiger partial charge in [0, 0.05) is 18.6 Å². The Morgan fingerprint density at radius 2 is 1.68 bits per heavy atom. The Morgan fingerprint density at radius 3 is 2.26 bits per heavy atom. The zero-order chi connectivity index (χ0) is 28.3. The number of likely N-dealkylation sites (N-methyl/N-ethyl adjacent to an activating group) is 2. The standard InChI is InChI=1S/C33H52N2O3/c1-8-30(31(22-36)34-6)20-19-29-17-15-28(16-18-29)11-9-10-27(5)23-38-24-32(35-7)33(37)21-14-26(4)13-12-25(2)3/h8,12-21,27,30-37H,1,9-11,22-24H2,2-7H3. The molecule has 0 aromatic heterocycles. The lowest BCUT2D eigenvalue weighted by atomic mass is 9.98. The molecule has 1 aromatic rings. The highest BCUT2D eigenvalue weighted by Crippen LogP contribution is 2.15. The predicted octanol–water partition coefficient (Wildman–Crippen LogP) is 5.48. The highest BCUT2D eigenvalue weighted by Gasteiger charge is 2.15. The van der Waals surface area contributed by atoms with Gasteiger partial charge in [0.25, 0.3) is 0 Å². The van der Waals surface area contributed by atoms with Crippen LogP contribution in [0.3, 0.4) is 0 Å². The minimum absolute atomic E-state index is 0.0238. The van der Waals surface area contributed by atoms with Gasteiger partial charge in [0.05, 0.1) is 25.4 Å². The summed E-state index contributed by atoms with van der Waals surface area (Å²) >= 11 is 0. The van der Waals surface area contributed by atoms with Crippen molar-refractivity contribution in [3.05, 3.63) is 89.6 Å². The number of nitrogens with one attached hydrogen (secondary N) is 2. The number of aryl methyl sites for hydroxylation is 1. The monoisotopic (exact) mass is 524 g/mol. The molecule has 1 aromatic carbocycles. The molecule has 1 rings (SSSR count). The molecule has 0 radical (unpaired) electrons. The molecule has 212 valence electrons. The van der Waals surface area contributed by atoms with E-state index < -0.39 is 6.10 Å². The first-order valence-corrected chi connectivity index (χ1v) is 13.8. The molecule has 0 aliphatic carbocycles. The van der Waals surface area contributed by atoms with Gasteiger partial charge in [0.2, 0.25) is 0 Å². The number of hydrogen-bond acceptors (Lipinski definition) is 5. The molecule has 0 amide bonds. The Labute approximate surface area is 232 Å². The molecule has 0 aliphatic rings. The summed E-state index contributed by atoms with van der Waals surface area (Å²) in [6.07, 6.45) is 16.6. The summed E-state index contributed by atoms with van der Waals surface area (Å²) in [5, 5.41) is 26.3. The Kier molecular flexibility index (Phi) is 17.5. The maximum Gasteiger partial charge on any atom is 0.0899 e. The van der Waals surface area contributed by atoms with Crippen LogP contribution in [0, 0.1) is 11.8 Å². The normalized spacial score (nSPS) is 16.4. The van der Waals surface area contributed by atoms with Crippen molar-refractivity contribution in [3.63, 3.8) is 0 Å². The lowest BCUT2D eigenvalue weighted by Crippen LogP contribution is -2.40. The minimum atomic E-state index is -0.606. The van der Waals surface area contributed by atoms with Crippen LogP contribution in [0.2, 0.25) is 0 Å². The number of aliphatic hydroxyl groups excluding tert-OH is 2. The van der Waals surface area contributed by atoms with Crippen molar-refractivity contribution in [1.82, 2.24) is 10.6 Å². The zero-order valence-corrected chi connectivity index (χ0v) is 24.5. The molecule has 5 atom stereocenters. The summed E-state index contributed by atoms with van der Waals surface area (Å²) in [7, 11) is 3.70. The number of ether oxygens (including phenoxy) is 1. The van der Waals surface area contributed by atoms with Crippen LogP contribution in [0.1, 0.15) is 51.7 Å². The Balaban J connectivity index is 2.40. The first kappa shape index (κ1) is 33.7. The molecule has 5 unspecified atom stereocenters. The third kappa shape index (κ3) is 14.0. The topological polar surface area (TPSA) is 73.8 Å². The van der Waals surface area contributed by atoms with E-state index in [-0.39, 0.29) is 24.6 Å². The average Bonchev–Trinajstić information content (AvgIpc) is 2.91. The van der Waals surface area contributed by atoms with Gasteiger partial charge in [-0.25, -0.2) is 0 Å². The van der Waals surface area contributed by atoms with Gasteiger partial charge in [-0.3, -0.25) is 0 Å². The van der Waals surface area contributed by atoms with Gasteiger partial charge in [0.15, 0.2) is 0 Å². The SMILES string of the molecule is C=CC(C=Cc1ccc(CCCC(C)COCC(NC)C(O)C=CC(C)=CC=C(C)C)cc1)C(CO)NC. The van der Waals surface area contributed by atoms with Gasteiger partial charge in [0.1, 0.15) is 0 Å². The lowest BCUT2D eigenvalue weighted by molar-refractivity contribution is 0.0520. The van der Waals surface area contributed by atoms with Crippen molar-refractivity contribution < 1.29 is 14.9 Å². The van der Waals surface area contributed by atoms with Crippen molar-refractivity contribution in [2.45, 2.75) is 65.1 Å². The zero-order valence-electron chi connectivity index (χ0n) is 24.5. The van der Waals surface area contributed by atoms with E-state index in [0.717, 1.165) is 30.4 Å². The van der Waals surface area contributed by atoms with Crippen molar-refractivity contribution >= 4 is 6.08 Å². The summed E-state index contributed by atoms with van der Waals surface area (Å²) in [6.45, 7) is 13.5. The van der Waals surface area contributed by atoms with Gasteiger partial charge < -0.3 is 25.6 Å². The molecule has 0 aliphatic heterocycles. The minimum Gasteiger partial charge on any atom is -0.395 e. The second kappa shape index (κ2) is 19.7. The fraction of sp³-hybridized carbons (Fsp3) is 0.515. The molecular formula is C33H52N2O3. The van der Waals surface area contributed by atoms with E-state index in [1.165, 1.54) is 11.1 Å². The number of hydrogen-bond donors (Lipinski definition) is 4. The lowest BCUT2D eigenvalue weighted by Gasteiger charge is -2.21. The molecular weight excluding hydrogens is 472 g/mol. The first-order chi connectivity index (χ1) is 18.2. The average molecular weight is 525 g/mol. The third-order valence-electron chi connectivity index (χ3n) is 6.68. The van der Waals surface area contributed by atoms with Gasteiger partial charge in [-0.2, -0.15) is 0 Å². The number of rotatable bonds is 19. The fourth-order valence-electron chi connectivity index (χ4n) is 4.03. The molecule has 5 heteroatoms. The van der Waals surface area contributed by atoms with E-state index in [4.69, 9.17) is 4.74 Å². The van der Waals surface area contributed by atoms with Crippen molar-refractivity contribution in [3.8, 4) is 0 Å². The van der Waals surface area contributed by atoms with E-state index in [1.54, 1.807) is 0 Å². The summed E-state index contributed by atoms with van der Waals surface area (Å²) in [5.41, 5.74) is 4.82. The van der Waals surface area contributed by atoms with E-state index in [9.17, 15) is 10.2 Å². The fourth-order valence-corrected chi connectivity index (χ4v) is 4.03. The van der Waals surface area contributed by atoms with Gasteiger partial charge in [-0.05, 0) is 71.2 Å². The predicted molar refractivity (Wildman–Crippen MR) is 163 cm³/mol. The largest absolute Gasteiger partial charge is 0.395 e. The summed E-state index contributed by atoms with van der Waals surface area (Å²) in [6, 6.07) is 8.49. The molecule has 0 saturated heterocycles. The van der Waals surface area contributed by atoms with Gasteiger partial charge in [-0.1, -0.05) is 84.9 Å². The van der Waals surface area contributed by atoms with Crippen LogP contribution in [0.15, 0.2) is 78.4 Å². The Morgan fingerprint density at radius 1 is 1.00 bits per heavy atom. The smallest absolute Gasteiger partial charge is 0.0899 e. The molecule has 5 nitrogen and oxygen atoms in total. The van der Waals surface area contributed by atoms with Crippen molar-refractivity contribution in [2.24, 2.45) is 11.8 Å². The highest BCUT2D eigenvalue weighted by atomic mass is 16.5. The first-order valence-electron chi connectivity index (χ1n) is 13.8. The maximum atomic E-state index is 10.5. The quantitative estimate of drug-likeness (QED) is 0.143. The Bertz CT molecular complexity index is 893. The molecule has 0 bridgehead atoms. The number of aliphatic hydroxyl groups is 2. The summed E-state index contributed by atoms with van der Waals surface area (Å²) in [4.78, 5) is 0. The maximum absolute atomic E-state index is 10.5. The van der Waals surface area contributed by atoms with E-state index >= 15 is 0 Å². The van der Waals surface area contributed by atoms with E-state index in [2.05, 4.69) is 86.6 Å².